The first-order valence-corrected chi connectivity index (χ1v) is 36.1. The first kappa shape index (κ1) is 99.1. The van der Waals surface area contributed by atoms with E-state index in [0.29, 0.717) is 36.5 Å². The molecule has 0 nitrogen and oxygen atoms in total. The molecule has 0 saturated heterocycles. The summed E-state index contributed by atoms with van der Waals surface area (Å²) in [7, 11) is 0. The van der Waals surface area contributed by atoms with Crippen molar-refractivity contribution < 1.29 is 30.7 Å². The van der Waals surface area contributed by atoms with Crippen molar-refractivity contribution in [2.45, 2.75) is 420 Å². The number of hydrogen-bond donors (Lipinski definition) is 0. The molecule has 0 unspecified atom stereocenters. The zero-order valence-electron chi connectivity index (χ0n) is 66.9. The van der Waals surface area contributed by atoms with E-state index in [1.165, 1.54) is 0 Å². The van der Waals surface area contributed by atoms with Crippen molar-refractivity contribution in [2.75, 3.05) is 0 Å². The molecule has 0 aromatic heterocycles. The van der Waals surface area contributed by atoms with Crippen LogP contribution in [0, 0.1) is 92.2 Å². The lowest BCUT2D eigenvalue weighted by Crippen LogP contribution is -2.51. The van der Waals surface area contributed by atoms with Gasteiger partial charge in [-0.05, 0) is 165 Å². The van der Waals surface area contributed by atoms with Crippen LogP contribution in [0.15, 0.2) is 0 Å². The molecule has 0 rings (SSSR count). The van der Waals surface area contributed by atoms with E-state index in [1.807, 2.05) is 83.1 Å². The Hall–Kier alpha value is -0.490. The minimum atomic E-state index is -1.10. The summed E-state index contributed by atoms with van der Waals surface area (Å²) >= 11 is 0. The number of rotatable bonds is 30. The fraction of sp³-hybridized carbons (Fsp3) is 1.00. The summed E-state index contributed by atoms with van der Waals surface area (Å²) in [5, 5.41) is 0. The molecule has 0 aliphatic rings. The summed E-state index contributed by atoms with van der Waals surface area (Å²) in [5.74, 6) is 2.45. The topological polar surface area (TPSA) is 0 Å². The maximum Gasteiger partial charge on any atom is 0.116 e. The maximum atomic E-state index is 14.8. The van der Waals surface area contributed by atoms with Gasteiger partial charge in [0.1, 0.15) is 39.7 Å². The molecular formula is C79H165F7. The molecule has 86 heavy (non-hydrogen) atoms. The Morgan fingerprint density at radius 3 is 0.605 bits per heavy atom. The van der Waals surface area contributed by atoms with Gasteiger partial charge in [-0.15, -0.1) is 0 Å². The van der Waals surface area contributed by atoms with E-state index >= 15 is 0 Å². The van der Waals surface area contributed by atoms with Gasteiger partial charge < -0.3 is 0 Å². The van der Waals surface area contributed by atoms with Gasteiger partial charge in [-0.3, -0.25) is 0 Å². The van der Waals surface area contributed by atoms with Crippen molar-refractivity contribution in [3.63, 3.8) is 0 Å². The SMILES string of the molecule is CC(C)C(C)(C(C)C)[C@@](C)(F)C(C)C.CC(C)C(C)(F)C(C)C.CCC(C)(CC)[C@@](C)(F)C(C)C.CCC(CC)[C@@](C)(F)C(C)C.CCC(CC)[C@](C)(F)C(C)(CC)CC.CCC[C@](C)(F)C(C)(C(C)C)C(C)C.CCC[C@](C)(F)C(C)(CC)CC. The molecule has 0 bridgehead atoms. The molecular weight excluding hydrogens is 1080 g/mol. The standard InChI is InChI=1S/3C13H27F.2C11H23F.C10H21F.C8H17F/c1-9(2)12(7,10(3)4)13(8,14)11(5)6;1-8-9-12(6,14)13(7,10(2)3)11(4)5;1-7-11(8-2)13(6,14)12(5,9-3)10-4;1-7-10(5,8-2)11(6,12)9(3)4;1-6-9-11(5,12)10(4,7-2)8-3;1-6-9(7-2)10(5,11)8(3)4;1-6(2)8(5,9)7(3)4/h9-11H,1-8H3;10-11H,8-9H2,1-7H3;11H,7-10H2,1-6H3;9H,7-8H2,1-6H3;6-9H2,1-5H3;8-9H,6-7H2,1-5H3;6-7H,1-5H3/t13-;12-;13-;2*11-;10-;/m000000./s1. The van der Waals surface area contributed by atoms with Gasteiger partial charge in [-0.2, -0.15) is 0 Å². The summed E-state index contributed by atoms with van der Waals surface area (Å²) < 4.78 is 99.8. The largest absolute Gasteiger partial charge is 0.244 e. The fourth-order valence-corrected chi connectivity index (χ4v) is 13.1. The second-order valence-electron chi connectivity index (χ2n) is 32.2. The summed E-state index contributed by atoms with van der Waals surface area (Å²) in [6.07, 6.45) is 12.5. The van der Waals surface area contributed by atoms with Crippen LogP contribution in [0.3, 0.4) is 0 Å². The first-order valence-electron chi connectivity index (χ1n) is 36.1. The molecule has 0 aromatic carbocycles. The predicted octanol–water partition coefficient (Wildman–Crippen LogP) is 29.9. The minimum absolute atomic E-state index is 0.0669. The highest BCUT2D eigenvalue weighted by Gasteiger charge is 2.52. The smallest absolute Gasteiger partial charge is 0.116 e. The van der Waals surface area contributed by atoms with E-state index in [4.69, 9.17) is 0 Å². The van der Waals surface area contributed by atoms with Crippen molar-refractivity contribution in [1.82, 2.24) is 0 Å². The predicted molar refractivity (Wildman–Crippen MR) is 380 cm³/mol. The molecule has 0 radical (unpaired) electrons. The highest BCUT2D eigenvalue weighted by atomic mass is 19.2. The van der Waals surface area contributed by atoms with Crippen molar-refractivity contribution >= 4 is 0 Å². The van der Waals surface area contributed by atoms with Crippen molar-refractivity contribution in [1.29, 1.82) is 0 Å². The summed E-state index contributed by atoms with van der Waals surface area (Å²) in [4.78, 5) is 0. The van der Waals surface area contributed by atoms with E-state index in [1.54, 1.807) is 48.5 Å². The van der Waals surface area contributed by atoms with Crippen molar-refractivity contribution in [3.8, 4) is 0 Å². The Bertz CT molecular complexity index is 1570. The summed E-state index contributed by atoms with van der Waals surface area (Å²) in [6.45, 7) is 84.0. The third-order valence-electron chi connectivity index (χ3n) is 25.8. The Labute approximate surface area is 540 Å². The van der Waals surface area contributed by atoms with Gasteiger partial charge in [-0.1, -0.05) is 281 Å². The fourth-order valence-electron chi connectivity index (χ4n) is 13.1. The van der Waals surface area contributed by atoms with Gasteiger partial charge in [0.05, 0.1) is 0 Å². The van der Waals surface area contributed by atoms with E-state index in [9.17, 15) is 30.7 Å². The van der Waals surface area contributed by atoms with Gasteiger partial charge in [-0.25, -0.2) is 30.7 Å². The molecule has 0 fully saturated rings. The Balaban J connectivity index is -0.000000170. The quantitative estimate of drug-likeness (QED) is 0.0629. The lowest BCUT2D eigenvalue weighted by molar-refractivity contribution is -0.0826. The molecule has 0 heterocycles. The third kappa shape index (κ3) is 27.2. The molecule has 530 valence electrons. The lowest BCUT2D eigenvalue weighted by atomic mass is 9.58. The Kier molecular flexibility index (Phi) is 48.3. The average molecular weight is 1250 g/mol. The van der Waals surface area contributed by atoms with Gasteiger partial charge >= 0.3 is 0 Å². The number of alkyl halides is 7. The lowest BCUT2D eigenvalue weighted by Gasteiger charge is -2.49. The van der Waals surface area contributed by atoms with E-state index in [-0.39, 0.29) is 68.5 Å². The monoisotopic (exact) mass is 1250 g/mol. The molecule has 0 aliphatic heterocycles. The highest BCUT2D eigenvalue weighted by molar-refractivity contribution is 5.00. The molecule has 6 atom stereocenters. The van der Waals surface area contributed by atoms with Gasteiger partial charge in [0.2, 0.25) is 0 Å². The van der Waals surface area contributed by atoms with Crippen LogP contribution in [-0.2, 0) is 0 Å². The zero-order valence-corrected chi connectivity index (χ0v) is 66.9. The van der Waals surface area contributed by atoms with Gasteiger partial charge in [0, 0.05) is 27.1 Å². The first-order chi connectivity index (χ1) is 38.3. The molecule has 0 saturated carbocycles. The van der Waals surface area contributed by atoms with Crippen LogP contribution in [-0.4, -0.2) is 39.7 Å². The third-order valence-corrected chi connectivity index (χ3v) is 25.8. The molecule has 0 aromatic rings. The number of halogens is 7. The number of hydrogen-bond acceptors (Lipinski definition) is 0. The van der Waals surface area contributed by atoms with E-state index < -0.39 is 39.7 Å². The molecule has 0 aliphatic carbocycles. The van der Waals surface area contributed by atoms with Crippen LogP contribution >= 0.6 is 0 Å². The molecule has 0 spiro atoms. The maximum absolute atomic E-state index is 14.8. The average Bonchev–Trinajstić information content (AvgIpc) is 3.48. The normalized spacial score (nSPS) is 17.2. The van der Waals surface area contributed by atoms with Crippen molar-refractivity contribution in [3.05, 3.63) is 0 Å². The second-order valence-corrected chi connectivity index (χ2v) is 32.2. The molecule has 0 N–H and O–H groups in total. The highest BCUT2D eigenvalue weighted by Crippen LogP contribution is 2.52. The van der Waals surface area contributed by atoms with Crippen LogP contribution in [0.5, 0.6) is 0 Å². The Morgan fingerprint density at radius 1 is 0.233 bits per heavy atom. The van der Waals surface area contributed by atoms with Crippen LogP contribution < -0.4 is 0 Å². The van der Waals surface area contributed by atoms with Crippen LogP contribution in [0.4, 0.5) is 30.7 Å². The zero-order chi connectivity index (χ0) is 71.3. The van der Waals surface area contributed by atoms with Gasteiger partial charge in [0.15, 0.2) is 0 Å². The van der Waals surface area contributed by atoms with Crippen LogP contribution in [0.25, 0.3) is 0 Å². The second kappa shape index (κ2) is 42.0. The van der Waals surface area contributed by atoms with Crippen molar-refractivity contribution in [2.24, 2.45) is 92.2 Å². The van der Waals surface area contributed by atoms with Crippen LogP contribution in [0.1, 0.15) is 381 Å². The van der Waals surface area contributed by atoms with E-state index in [2.05, 4.69) is 159 Å². The Morgan fingerprint density at radius 2 is 0.465 bits per heavy atom. The van der Waals surface area contributed by atoms with E-state index in [0.717, 1.165) is 77.0 Å². The molecule has 7 heteroatoms. The minimum Gasteiger partial charge on any atom is -0.244 e. The van der Waals surface area contributed by atoms with Crippen LogP contribution in [0.2, 0.25) is 0 Å². The van der Waals surface area contributed by atoms with Gasteiger partial charge in [0.25, 0.3) is 0 Å². The molecule has 0 amide bonds. The summed E-state index contributed by atoms with van der Waals surface area (Å²) in [5.41, 5.74) is -8.14. The summed E-state index contributed by atoms with van der Waals surface area (Å²) in [6, 6.07) is 0.